The fraction of sp³-hybridized carbons (Fsp3) is 0.304. The van der Waals surface area contributed by atoms with Crippen molar-refractivity contribution in [2.45, 2.75) is 74.8 Å². The van der Waals surface area contributed by atoms with Crippen LogP contribution in [0.25, 0.3) is 0 Å². The highest BCUT2D eigenvalue weighted by Gasteiger charge is 2.31. The zero-order chi connectivity index (χ0) is 48.2. The van der Waals surface area contributed by atoms with Gasteiger partial charge in [0.2, 0.25) is 0 Å². The molecule has 0 aliphatic carbocycles. The molecule has 0 aliphatic heterocycles. The van der Waals surface area contributed by atoms with Crippen LogP contribution in [0.3, 0.4) is 0 Å². The maximum atomic E-state index is 13.6. The molecule has 0 aliphatic rings. The molecule has 4 aromatic carbocycles. The minimum Gasteiger partial charge on any atom is -0.394 e. The monoisotopic (exact) mass is 980 g/mol. The molecule has 20 heteroatoms. The van der Waals surface area contributed by atoms with Gasteiger partial charge in [-0.05, 0) is 103 Å². The Labute approximate surface area is 395 Å². The lowest BCUT2D eigenvalue weighted by Crippen LogP contribution is -2.50. The van der Waals surface area contributed by atoms with Gasteiger partial charge in [-0.2, -0.15) is 27.0 Å². The summed E-state index contributed by atoms with van der Waals surface area (Å²) >= 11 is 12.0. The molecule has 0 saturated heterocycles. The molecule has 6 aromatic rings. The van der Waals surface area contributed by atoms with Crippen LogP contribution in [-0.2, 0) is 47.2 Å². The van der Waals surface area contributed by atoms with E-state index in [1.54, 1.807) is 111 Å². The van der Waals surface area contributed by atoms with Crippen LogP contribution in [0, 0.1) is 0 Å². The molecule has 16 nitrogen and oxygen atoms in total. The van der Waals surface area contributed by atoms with E-state index in [-0.39, 0.29) is 59.4 Å². The van der Waals surface area contributed by atoms with Crippen LogP contribution in [0.2, 0.25) is 10.0 Å². The van der Waals surface area contributed by atoms with E-state index in [4.69, 9.17) is 23.2 Å². The summed E-state index contributed by atoms with van der Waals surface area (Å²) < 4.78 is 59.3. The van der Waals surface area contributed by atoms with Crippen molar-refractivity contribution < 1.29 is 36.6 Å². The lowest BCUT2D eigenvalue weighted by atomic mass is 9.93. The Kier molecular flexibility index (Phi) is 17.6. The second-order valence-electron chi connectivity index (χ2n) is 15.4. The number of benzene rings is 4. The van der Waals surface area contributed by atoms with Crippen molar-refractivity contribution >= 4 is 66.4 Å². The van der Waals surface area contributed by atoms with E-state index in [9.17, 15) is 36.6 Å². The number of aromatic nitrogens is 4. The minimum atomic E-state index is -4.04. The molecule has 2 amide bonds. The van der Waals surface area contributed by atoms with Gasteiger partial charge in [-0.15, -0.1) is 0 Å². The summed E-state index contributed by atoms with van der Waals surface area (Å²) in [6.45, 7) is 5.31. The standard InChI is InChI=1S/C24H29ClN4O4S.C22H25ClN4O4S/c1-4-24(5-2,17-30)26-23(31)19-7-6-8-21(15-19)29(16-18-9-11-20(25)12-10-18)34(32,33)22-13-14-28(3)27-22;1-3-19(15-28)24-22(29)17-5-4-6-20(13-17)27(14-16-7-9-18(23)10-8-16)32(30,31)21-11-12-26(2)25-21/h6-15,30H,4-5,16-17H2,1-3H3,(H,26,31);4-13,19,28H,3,14-15H2,1-2H3,(H,24,29). The van der Waals surface area contributed by atoms with Gasteiger partial charge < -0.3 is 20.8 Å². The summed E-state index contributed by atoms with van der Waals surface area (Å²) in [5.41, 5.74) is 1.90. The smallest absolute Gasteiger partial charge is 0.283 e. The fourth-order valence-electron chi connectivity index (χ4n) is 6.58. The zero-order valence-electron chi connectivity index (χ0n) is 37.2. The molecule has 4 N–H and O–H groups in total. The van der Waals surface area contributed by atoms with Crippen LogP contribution in [0.15, 0.2) is 132 Å². The van der Waals surface area contributed by atoms with Gasteiger partial charge in [0.25, 0.3) is 31.9 Å². The highest BCUT2D eigenvalue weighted by Crippen LogP contribution is 2.29. The third kappa shape index (κ3) is 12.8. The molecular weight excluding hydrogens is 928 g/mol. The highest BCUT2D eigenvalue weighted by molar-refractivity contribution is 7.93. The molecule has 0 saturated carbocycles. The van der Waals surface area contributed by atoms with Crippen LogP contribution in [0.5, 0.6) is 0 Å². The number of sulfonamides is 2. The average molecular weight is 982 g/mol. The van der Waals surface area contributed by atoms with Gasteiger partial charge in [-0.1, -0.05) is 80.4 Å². The van der Waals surface area contributed by atoms with E-state index < -0.39 is 31.5 Å². The van der Waals surface area contributed by atoms with Crippen molar-refractivity contribution in [3.63, 3.8) is 0 Å². The SMILES string of the molecule is CCC(CC)(CO)NC(=O)c1cccc(N(Cc2ccc(Cl)cc2)S(=O)(=O)c2ccn(C)n2)c1.CCC(CO)NC(=O)c1cccc(N(Cc2ccc(Cl)cc2)S(=O)(=O)c2ccn(C)n2)c1. The maximum absolute atomic E-state index is 13.6. The predicted octanol–water partition coefficient (Wildman–Crippen LogP) is 6.72. The van der Waals surface area contributed by atoms with Crippen molar-refractivity contribution in [2.75, 3.05) is 21.8 Å². The van der Waals surface area contributed by atoms with E-state index in [2.05, 4.69) is 20.8 Å². The molecule has 352 valence electrons. The maximum Gasteiger partial charge on any atom is 0.283 e. The Bertz CT molecular complexity index is 2790. The van der Waals surface area contributed by atoms with Crippen molar-refractivity contribution in [1.82, 2.24) is 30.2 Å². The number of hydrogen-bond acceptors (Lipinski definition) is 10. The van der Waals surface area contributed by atoms with E-state index in [0.717, 1.165) is 11.1 Å². The summed E-state index contributed by atoms with van der Waals surface area (Å²) in [5.74, 6) is -0.782. The van der Waals surface area contributed by atoms with Crippen LogP contribution in [0.4, 0.5) is 11.4 Å². The molecular formula is C46H54Cl2N8O8S2. The first-order valence-electron chi connectivity index (χ1n) is 21.0. The normalized spacial score (nSPS) is 12.1. The number of nitrogens with zero attached hydrogens (tertiary/aromatic N) is 6. The number of aliphatic hydroxyl groups is 2. The second kappa shape index (κ2) is 22.6. The van der Waals surface area contributed by atoms with Gasteiger partial charge >= 0.3 is 0 Å². The first kappa shape index (κ1) is 51.2. The Hall–Kier alpha value is -5.76. The van der Waals surface area contributed by atoms with Crippen LogP contribution in [-0.4, -0.2) is 83.2 Å². The molecule has 2 heterocycles. The number of rotatable bonds is 19. The van der Waals surface area contributed by atoms with Gasteiger partial charge in [0.1, 0.15) is 0 Å². The lowest BCUT2D eigenvalue weighted by molar-refractivity contribution is 0.0817. The molecule has 0 fully saturated rings. The predicted molar refractivity (Wildman–Crippen MR) is 255 cm³/mol. The minimum absolute atomic E-state index is 0.0195. The van der Waals surface area contributed by atoms with E-state index in [0.29, 0.717) is 40.7 Å². The van der Waals surface area contributed by atoms with Gasteiger partial charge in [0, 0.05) is 47.7 Å². The third-order valence-corrected chi connectivity index (χ3v) is 14.7. The summed E-state index contributed by atoms with van der Waals surface area (Å²) in [7, 11) is -4.78. The molecule has 66 heavy (non-hydrogen) atoms. The van der Waals surface area contributed by atoms with Crippen molar-refractivity contribution in [3.8, 4) is 0 Å². The number of aliphatic hydroxyl groups excluding tert-OH is 2. The molecule has 6 rings (SSSR count). The summed E-state index contributed by atoms with van der Waals surface area (Å²) in [4.78, 5) is 25.7. The Morgan fingerprint density at radius 3 is 1.44 bits per heavy atom. The quantitative estimate of drug-likeness (QED) is 0.0674. The van der Waals surface area contributed by atoms with Crippen LogP contribution < -0.4 is 19.2 Å². The number of anilines is 2. The van der Waals surface area contributed by atoms with Gasteiger partial charge in [0.15, 0.2) is 10.1 Å². The Morgan fingerprint density at radius 2 is 1.09 bits per heavy atom. The Morgan fingerprint density at radius 1 is 0.667 bits per heavy atom. The second-order valence-corrected chi connectivity index (χ2v) is 19.9. The molecule has 1 atom stereocenters. The molecule has 0 bridgehead atoms. The zero-order valence-corrected chi connectivity index (χ0v) is 40.3. The number of hydrogen-bond donors (Lipinski definition) is 4. The molecule has 1 unspecified atom stereocenters. The number of carbonyl (C=O) groups excluding carboxylic acids is 2. The van der Waals surface area contributed by atoms with Crippen molar-refractivity contribution in [1.29, 1.82) is 0 Å². The van der Waals surface area contributed by atoms with Gasteiger partial charge in [-0.25, -0.2) is 0 Å². The van der Waals surface area contributed by atoms with Crippen molar-refractivity contribution in [3.05, 3.63) is 154 Å². The topological polar surface area (TPSA) is 209 Å². The highest BCUT2D eigenvalue weighted by atomic mass is 35.5. The Balaban J connectivity index is 0.000000248. The molecule has 0 radical (unpaired) electrons. The summed E-state index contributed by atoms with van der Waals surface area (Å²) in [5, 5.41) is 33.8. The number of amides is 2. The third-order valence-electron chi connectivity index (χ3n) is 10.8. The van der Waals surface area contributed by atoms with Gasteiger partial charge in [0.05, 0.1) is 49.3 Å². The first-order chi connectivity index (χ1) is 31.4. The molecule has 0 spiro atoms. The van der Waals surface area contributed by atoms with Crippen LogP contribution in [0.1, 0.15) is 71.9 Å². The summed E-state index contributed by atoms with van der Waals surface area (Å²) in [6.07, 6.45) is 4.79. The van der Waals surface area contributed by atoms with E-state index in [1.807, 2.05) is 20.8 Å². The van der Waals surface area contributed by atoms with Gasteiger partial charge in [-0.3, -0.25) is 27.6 Å². The first-order valence-corrected chi connectivity index (χ1v) is 24.6. The van der Waals surface area contributed by atoms with Crippen molar-refractivity contribution in [2.24, 2.45) is 14.1 Å². The number of nitrogens with one attached hydrogen (secondary N) is 2. The average Bonchev–Trinajstić information content (AvgIpc) is 3.98. The summed E-state index contributed by atoms with van der Waals surface area (Å²) in [6, 6.07) is 29.0. The lowest BCUT2D eigenvalue weighted by Gasteiger charge is -2.31. The number of aryl methyl sites for hydroxylation is 2. The number of halogens is 2. The van der Waals surface area contributed by atoms with E-state index >= 15 is 0 Å². The van der Waals surface area contributed by atoms with E-state index in [1.165, 1.54) is 42.2 Å². The largest absolute Gasteiger partial charge is 0.394 e. The fourth-order valence-corrected chi connectivity index (χ4v) is 9.64. The number of carbonyl (C=O) groups is 2. The van der Waals surface area contributed by atoms with Crippen LogP contribution >= 0.6 is 23.2 Å². The molecule has 2 aromatic heterocycles.